The van der Waals surface area contributed by atoms with Crippen LogP contribution in [0, 0.1) is 0 Å². The highest BCUT2D eigenvalue weighted by molar-refractivity contribution is 7.86. The molecule has 1 unspecified atom stereocenters. The lowest BCUT2D eigenvalue weighted by Crippen LogP contribution is -2.49. The molecule has 0 heterocycles. The lowest BCUT2D eigenvalue weighted by Gasteiger charge is -2.33. The van der Waals surface area contributed by atoms with Crippen LogP contribution in [0.1, 0.15) is 13.8 Å². The van der Waals surface area contributed by atoms with E-state index in [1.165, 1.54) is 0 Å². The van der Waals surface area contributed by atoms with Gasteiger partial charge in [0.2, 0.25) is 0 Å². The van der Waals surface area contributed by atoms with Crippen LogP contribution in [0.15, 0.2) is 12.7 Å². The Morgan fingerprint density at radius 2 is 1.78 bits per heavy atom. The molecule has 0 spiro atoms. The van der Waals surface area contributed by atoms with Crippen LogP contribution in [0.2, 0.25) is 0 Å². The average molecular weight is 365 g/mol. The summed E-state index contributed by atoms with van der Waals surface area (Å²) in [5, 5.41) is 9.66. The standard InChI is InChI=1S/C11H22NO3.CHF3O3S/c1-5-11(14)15-9-10(13)8-12(4,6-2)7-3;2-1(3,4)8(5,6)7/h5,10,13H,1,6-9H2,2-4H3;(H,5,6,7)/q+1;/p-1. The zero-order valence-electron chi connectivity index (χ0n) is 13.2. The lowest BCUT2D eigenvalue weighted by molar-refractivity contribution is -0.909. The Hall–Kier alpha value is -1.17. The summed E-state index contributed by atoms with van der Waals surface area (Å²) in [6.07, 6.45) is 0.485. The van der Waals surface area contributed by atoms with Gasteiger partial charge in [0.05, 0.1) is 20.1 Å². The second-order valence-electron chi connectivity index (χ2n) is 4.82. The minimum atomic E-state index is -6.09. The predicted octanol–water partition coefficient (Wildman–Crippen LogP) is 0.614. The number of aliphatic hydroxyl groups is 1. The Kier molecular flexibility index (Phi) is 10.3. The van der Waals surface area contributed by atoms with Crippen molar-refractivity contribution in [3.8, 4) is 0 Å². The lowest BCUT2D eigenvalue weighted by atomic mass is 10.3. The smallest absolute Gasteiger partial charge is 0.485 e. The molecule has 0 aliphatic carbocycles. The van der Waals surface area contributed by atoms with Crippen LogP contribution in [0.5, 0.6) is 0 Å². The molecule has 138 valence electrons. The van der Waals surface area contributed by atoms with E-state index < -0.39 is 27.7 Å². The number of alkyl halides is 3. The van der Waals surface area contributed by atoms with Crippen LogP contribution in [-0.4, -0.2) is 73.4 Å². The number of hydrogen-bond acceptors (Lipinski definition) is 6. The van der Waals surface area contributed by atoms with Crippen LogP contribution in [0.3, 0.4) is 0 Å². The number of nitrogens with zero attached hydrogens (tertiary/aromatic N) is 1. The van der Waals surface area contributed by atoms with Gasteiger partial charge < -0.3 is 18.9 Å². The minimum Gasteiger partial charge on any atom is -0.741 e. The molecule has 0 aliphatic heterocycles. The normalized spacial score (nSPS) is 13.6. The maximum Gasteiger partial charge on any atom is 0.485 e. The molecular formula is C12H22F3NO6S. The molecule has 11 heteroatoms. The van der Waals surface area contributed by atoms with E-state index >= 15 is 0 Å². The molecule has 0 aromatic carbocycles. The second-order valence-corrected chi connectivity index (χ2v) is 6.19. The Labute approximate surface area is 133 Å². The molecule has 0 saturated heterocycles. The predicted molar refractivity (Wildman–Crippen MR) is 75.0 cm³/mol. The van der Waals surface area contributed by atoms with Crippen LogP contribution in [-0.2, 0) is 19.6 Å². The zero-order chi connectivity index (χ0) is 18.9. The fourth-order valence-corrected chi connectivity index (χ4v) is 1.28. The van der Waals surface area contributed by atoms with Crippen molar-refractivity contribution in [2.24, 2.45) is 0 Å². The summed E-state index contributed by atoms with van der Waals surface area (Å²) in [6, 6.07) is 0. The van der Waals surface area contributed by atoms with Gasteiger partial charge in [0.25, 0.3) is 0 Å². The SMILES string of the molecule is C=CC(=O)OCC(O)C[N+](C)(CC)CC.O=S(=O)([O-])C(F)(F)F. The topological polar surface area (TPSA) is 104 Å². The second kappa shape index (κ2) is 9.85. The molecule has 0 bridgehead atoms. The third kappa shape index (κ3) is 11.1. The van der Waals surface area contributed by atoms with Gasteiger partial charge in [-0.3, -0.25) is 0 Å². The molecule has 1 atom stereocenters. The Balaban J connectivity index is 0. The van der Waals surface area contributed by atoms with Gasteiger partial charge in [0.1, 0.15) is 19.3 Å². The third-order valence-electron chi connectivity index (χ3n) is 3.05. The minimum absolute atomic E-state index is 0.0404. The van der Waals surface area contributed by atoms with Gasteiger partial charge in [-0.05, 0) is 13.8 Å². The Bertz CT molecular complexity index is 474. The van der Waals surface area contributed by atoms with Crippen molar-refractivity contribution < 1.29 is 45.3 Å². The van der Waals surface area contributed by atoms with Gasteiger partial charge in [0.15, 0.2) is 10.1 Å². The van der Waals surface area contributed by atoms with Gasteiger partial charge in [0, 0.05) is 6.08 Å². The summed E-state index contributed by atoms with van der Waals surface area (Å²) in [7, 11) is -4.02. The fourth-order valence-electron chi connectivity index (χ4n) is 1.28. The van der Waals surface area contributed by atoms with Crippen molar-refractivity contribution in [3.05, 3.63) is 12.7 Å². The molecular weight excluding hydrogens is 343 g/mol. The number of quaternary nitrogens is 1. The highest BCUT2D eigenvalue weighted by Gasteiger charge is 2.36. The van der Waals surface area contributed by atoms with Gasteiger partial charge in [-0.15, -0.1) is 0 Å². The van der Waals surface area contributed by atoms with Crippen molar-refractivity contribution >= 4 is 16.1 Å². The van der Waals surface area contributed by atoms with Gasteiger partial charge in [-0.25, -0.2) is 13.2 Å². The highest BCUT2D eigenvalue weighted by atomic mass is 32.2. The zero-order valence-corrected chi connectivity index (χ0v) is 14.0. The molecule has 0 saturated carbocycles. The fraction of sp³-hybridized carbons (Fsp3) is 0.750. The maximum absolute atomic E-state index is 10.8. The van der Waals surface area contributed by atoms with Gasteiger partial charge in [-0.2, -0.15) is 13.2 Å². The summed E-state index contributed by atoms with van der Waals surface area (Å²) in [4.78, 5) is 10.8. The molecule has 7 nitrogen and oxygen atoms in total. The monoisotopic (exact) mass is 365 g/mol. The summed E-state index contributed by atoms with van der Waals surface area (Å²) in [5.41, 5.74) is -5.65. The van der Waals surface area contributed by atoms with Gasteiger partial charge in [-0.1, -0.05) is 6.58 Å². The van der Waals surface area contributed by atoms with E-state index in [1.807, 2.05) is 0 Å². The summed E-state index contributed by atoms with van der Waals surface area (Å²) in [5.74, 6) is -0.490. The molecule has 23 heavy (non-hydrogen) atoms. The van der Waals surface area contributed by atoms with E-state index in [1.54, 1.807) is 0 Å². The van der Waals surface area contributed by atoms with E-state index in [0.29, 0.717) is 6.54 Å². The van der Waals surface area contributed by atoms with E-state index in [2.05, 4.69) is 27.5 Å². The first kappa shape index (κ1) is 24.1. The number of carbonyl (C=O) groups excluding carboxylic acids is 1. The Morgan fingerprint density at radius 1 is 1.39 bits per heavy atom. The molecule has 1 N–H and O–H groups in total. The molecule has 0 aromatic rings. The first-order valence-electron chi connectivity index (χ1n) is 6.55. The van der Waals surface area contributed by atoms with Gasteiger partial charge >= 0.3 is 11.5 Å². The number of carbonyl (C=O) groups is 1. The molecule has 0 rings (SSSR count). The summed E-state index contributed by atoms with van der Waals surface area (Å²) in [6.45, 7) is 9.97. The third-order valence-corrected chi connectivity index (χ3v) is 3.61. The summed E-state index contributed by atoms with van der Waals surface area (Å²) >= 11 is 0. The number of halogens is 3. The van der Waals surface area contributed by atoms with Crippen molar-refractivity contribution in [3.63, 3.8) is 0 Å². The van der Waals surface area contributed by atoms with Crippen LogP contribution in [0.4, 0.5) is 13.2 Å². The van der Waals surface area contributed by atoms with Crippen LogP contribution in [0.25, 0.3) is 0 Å². The average Bonchev–Trinajstić information content (AvgIpc) is 2.43. The number of esters is 1. The van der Waals surface area contributed by atoms with Crippen molar-refractivity contribution in [1.29, 1.82) is 0 Å². The highest BCUT2D eigenvalue weighted by Crippen LogP contribution is 2.20. The van der Waals surface area contributed by atoms with Crippen molar-refractivity contribution in [2.75, 3.05) is 33.3 Å². The van der Waals surface area contributed by atoms with Crippen molar-refractivity contribution in [2.45, 2.75) is 25.5 Å². The van der Waals surface area contributed by atoms with Crippen molar-refractivity contribution in [1.82, 2.24) is 0 Å². The maximum atomic E-state index is 10.8. The number of hydrogen-bond donors (Lipinski definition) is 1. The molecule has 0 amide bonds. The largest absolute Gasteiger partial charge is 0.741 e. The van der Waals surface area contributed by atoms with Crippen LogP contribution >= 0.6 is 0 Å². The van der Waals surface area contributed by atoms with E-state index in [4.69, 9.17) is 17.7 Å². The van der Waals surface area contributed by atoms with Crippen LogP contribution < -0.4 is 0 Å². The first-order valence-corrected chi connectivity index (χ1v) is 7.96. The first-order chi connectivity index (χ1) is 10.2. The molecule has 0 aliphatic rings. The number of likely N-dealkylation sites (N-methyl/N-ethyl adjacent to an activating group) is 1. The Morgan fingerprint density at radius 3 is 2.04 bits per heavy atom. The molecule has 0 aromatic heterocycles. The number of ether oxygens (including phenoxy) is 1. The van der Waals surface area contributed by atoms with E-state index in [0.717, 1.165) is 23.6 Å². The van der Waals surface area contributed by atoms with E-state index in [-0.39, 0.29) is 6.61 Å². The molecule has 0 fully saturated rings. The number of aliphatic hydroxyl groups excluding tert-OH is 1. The quantitative estimate of drug-likeness (QED) is 0.233. The summed E-state index contributed by atoms with van der Waals surface area (Å²) < 4.78 is 64.4. The number of rotatable bonds is 7. The molecule has 0 radical (unpaired) electrons. The van der Waals surface area contributed by atoms with E-state index in [9.17, 15) is 23.1 Å².